The zero-order valence-electron chi connectivity index (χ0n) is 17.5. The number of nitrogen functional groups attached to an aromatic ring is 1. The van der Waals surface area contributed by atoms with Crippen LogP contribution in [0, 0.1) is 0 Å². The van der Waals surface area contributed by atoms with Gasteiger partial charge < -0.3 is 19.9 Å². The Kier molecular flexibility index (Phi) is 6.90. The first-order valence-corrected chi connectivity index (χ1v) is 10.5. The molecule has 0 bridgehead atoms. The maximum absolute atomic E-state index is 15.5. The maximum atomic E-state index is 15.5. The molecule has 0 spiro atoms. The standard InChI is InChI=1S/C23H19ClFN3O6/c24-15-11-28(23(31)27-19(15)26)20-17(25)18(34-22(30)14-9-5-2-6-10-14)16(33-20)12-32-21(29)13-7-3-1-4-8-13/h1-11,16-18,20H,12H2,(H2,26,27,31)/t16-,17+,18-,20-/m0/s1. The Morgan fingerprint density at radius 1 is 1.06 bits per heavy atom. The molecule has 0 aliphatic carbocycles. The van der Waals surface area contributed by atoms with Crippen LogP contribution in [0.25, 0.3) is 0 Å². The average molecular weight is 488 g/mol. The molecular weight excluding hydrogens is 469 g/mol. The van der Waals surface area contributed by atoms with Gasteiger partial charge in [-0.1, -0.05) is 48.0 Å². The van der Waals surface area contributed by atoms with Crippen molar-refractivity contribution in [2.24, 2.45) is 0 Å². The first-order valence-electron chi connectivity index (χ1n) is 10.2. The van der Waals surface area contributed by atoms with Crippen molar-refractivity contribution in [1.82, 2.24) is 9.55 Å². The topological polar surface area (TPSA) is 123 Å². The van der Waals surface area contributed by atoms with Crippen LogP contribution in [0.1, 0.15) is 26.9 Å². The summed E-state index contributed by atoms with van der Waals surface area (Å²) in [6.45, 7) is -0.442. The Hall–Kier alpha value is -3.76. The lowest BCUT2D eigenvalue weighted by Gasteiger charge is -2.19. The number of nitrogens with two attached hydrogens (primary N) is 1. The molecule has 2 aromatic carbocycles. The van der Waals surface area contributed by atoms with Gasteiger partial charge in [0.15, 0.2) is 18.5 Å². The Balaban J connectivity index is 1.58. The van der Waals surface area contributed by atoms with Crippen molar-refractivity contribution in [3.63, 3.8) is 0 Å². The van der Waals surface area contributed by atoms with Crippen LogP contribution in [0.5, 0.6) is 0 Å². The van der Waals surface area contributed by atoms with E-state index in [1.54, 1.807) is 48.5 Å². The summed E-state index contributed by atoms with van der Waals surface area (Å²) in [5.74, 6) is -1.71. The largest absolute Gasteiger partial charge is 0.459 e. The van der Waals surface area contributed by atoms with E-state index in [9.17, 15) is 14.4 Å². The van der Waals surface area contributed by atoms with Gasteiger partial charge in [0.05, 0.1) is 16.1 Å². The summed E-state index contributed by atoms with van der Waals surface area (Å²) in [6.07, 6.45) is -5.19. The molecule has 2 N–H and O–H groups in total. The zero-order valence-corrected chi connectivity index (χ0v) is 18.3. The molecule has 9 nitrogen and oxygen atoms in total. The van der Waals surface area contributed by atoms with Gasteiger partial charge in [-0.2, -0.15) is 4.98 Å². The maximum Gasteiger partial charge on any atom is 0.351 e. The number of benzene rings is 2. The molecule has 34 heavy (non-hydrogen) atoms. The first-order chi connectivity index (χ1) is 16.3. The summed E-state index contributed by atoms with van der Waals surface area (Å²) in [5.41, 5.74) is 5.08. The summed E-state index contributed by atoms with van der Waals surface area (Å²) in [7, 11) is 0. The molecular formula is C23H19ClFN3O6. The Bertz CT molecular complexity index is 1240. The number of hydrogen-bond donors (Lipinski definition) is 1. The Labute approximate surface area is 197 Å². The summed E-state index contributed by atoms with van der Waals surface area (Å²) in [5, 5.41) is -0.0906. The minimum atomic E-state index is -2.01. The van der Waals surface area contributed by atoms with E-state index in [0.717, 1.165) is 10.8 Å². The minimum absolute atomic E-state index is 0.0906. The van der Waals surface area contributed by atoms with Crippen LogP contribution >= 0.6 is 11.6 Å². The molecule has 11 heteroatoms. The van der Waals surface area contributed by atoms with Crippen molar-refractivity contribution in [3.8, 4) is 0 Å². The third-order valence-electron chi connectivity index (χ3n) is 5.12. The fraction of sp³-hybridized carbons (Fsp3) is 0.217. The highest BCUT2D eigenvalue weighted by Crippen LogP contribution is 2.34. The third kappa shape index (κ3) is 4.92. The molecule has 1 aromatic heterocycles. The molecule has 4 rings (SSSR count). The van der Waals surface area contributed by atoms with E-state index in [1.165, 1.54) is 12.1 Å². The Morgan fingerprint density at radius 2 is 1.65 bits per heavy atom. The van der Waals surface area contributed by atoms with Crippen LogP contribution in [0.4, 0.5) is 10.2 Å². The highest BCUT2D eigenvalue weighted by atomic mass is 35.5. The summed E-state index contributed by atoms with van der Waals surface area (Å²) >= 11 is 5.94. The number of carbonyl (C=O) groups is 2. The molecule has 3 aromatic rings. The number of anilines is 1. The molecule has 0 unspecified atom stereocenters. The van der Waals surface area contributed by atoms with Gasteiger partial charge in [-0.3, -0.25) is 4.57 Å². The fourth-order valence-electron chi connectivity index (χ4n) is 3.41. The third-order valence-corrected chi connectivity index (χ3v) is 5.41. The highest BCUT2D eigenvalue weighted by Gasteiger charge is 2.49. The second-order valence-electron chi connectivity index (χ2n) is 7.37. The quantitative estimate of drug-likeness (QED) is 0.526. The second kappa shape index (κ2) is 10.0. The van der Waals surface area contributed by atoms with E-state index in [0.29, 0.717) is 0 Å². The Morgan fingerprint density at radius 3 is 2.26 bits per heavy atom. The molecule has 1 aliphatic heterocycles. The van der Waals surface area contributed by atoms with Gasteiger partial charge in [0.2, 0.25) is 0 Å². The van der Waals surface area contributed by atoms with Gasteiger partial charge in [-0.15, -0.1) is 0 Å². The lowest BCUT2D eigenvalue weighted by molar-refractivity contribution is -0.0591. The number of aromatic nitrogens is 2. The average Bonchev–Trinajstić information content (AvgIpc) is 3.15. The lowest BCUT2D eigenvalue weighted by Crippen LogP contribution is -2.37. The van der Waals surface area contributed by atoms with Crippen molar-refractivity contribution >= 4 is 29.4 Å². The van der Waals surface area contributed by atoms with E-state index in [4.69, 9.17) is 31.5 Å². The second-order valence-corrected chi connectivity index (χ2v) is 7.78. The van der Waals surface area contributed by atoms with Gasteiger partial charge in [0, 0.05) is 6.20 Å². The first kappa shape index (κ1) is 23.4. The zero-order chi connectivity index (χ0) is 24.2. The number of hydrogen-bond acceptors (Lipinski definition) is 8. The van der Waals surface area contributed by atoms with E-state index < -0.39 is 48.8 Å². The van der Waals surface area contributed by atoms with Crippen LogP contribution in [0.2, 0.25) is 5.02 Å². The number of nitrogens with zero attached hydrogens (tertiary/aromatic N) is 2. The molecule has 4 atom stereocenters. The summed E-state index contributed by atoms with van der Waals surface area (Å²) in [6, 6.07) is 16.1. The van der Waals surface area contributed by atoms with Gasteiger partial charge >= 0.3 is 17.6 Å². The van der Waals surface area contributed by atoms with Crippen molar-refractivity contribution in [2.45, 2.75) is 24.6 Å². The fourth-order valence-corrected chi connectivity index (χ4v) is 3.56. The minimum Gasteiger partial charge on any atom is -0.459 e. The molecule has 1 saturated heterocycles. The van der Waals surface area contributed by atoms with Crippen molar-refractivity contribution in [3.05, 3.63) is 93.5 Å². The molecule has 0 saturated carbocycles. The van der Waals surface area contributed by atoms with Crippen molar-refractivity contribution < 1.29 is 28.2 Å². The predicted molar refractivity (Wildman–Crippen MR) is 119 cm³/mol. The van der Waals surface area contributed by atoms with Crippen molar-refractivity contribution in [1.29, 1.82) is 0 Å². The van der Waals surface area contributed by atoms with Gasteiger partial charge in [-0.05, 0) is 24.3 Å². The van der Waals surface area contributed by atoms with E-state index >= 15 is 4.39 Å². The smallest absolute Gasteiger partial charge is 0.351 e. The molecule has 0 radical (unpaired) electrons. The molecule has 0 amide bonds. The number of carbonyl (C=O) groups excluding carboxylic acids is 2. The number of alkyl halides is 1. The molecule has 2 heterocycles. The number of rotatable bonds is 6. The molecule has 1 aliphatic rings. The van der Waals surface area contributed by atoms with Gasteiger partial charge in [-0.25, -0.2) is 18.8 Å². The van der Waals surface area contributed by atoms with Crippen LogP contribution < -0.4 is 11.4 Å². The lowest BCUT2D eigenvalue weighted by atomic mass is 10.1. The number of halogens is 2. The summed E-state index contributed by atoms with van der Waals surface area (Å²) in [4.78, 5) is 40.8. The molecule has 176 valence electrons. The van der Waals surface area contributed by atoms with E-state index in [1.807, 2.05) is 0 Å². The van der Waals surface area contributed by atoms with Crippen molar-refractivity contribution in [2.75, 3.05) is 12.3 Å². The monoisotopic (exact) mass is 487 g/mol. The highest BCUT2D eigenvalue weighted by molar-refractivity contribution is 6.32. The van der Waals surface area contributed by atoms with E-state index in [-0.39, 0.29) is 22.0 Å². The normalized spacial score (nSPS) is 21.7. The number of esters is 2. The van der Waals surface area contributed by atoms with Crippen LogP contribution in [0.3, 0.4) is 0 Å². The SMILES string of the molecule is Nc1nc(=O)n([C@H]2O[C@@H](COC(=O)c3ccccc3)[C@H](OC(=O)c3ccccc3)[C@H]2F)cc1Cl. The predicted octanol–water partition coefficient (Wildman–Crippen LogP) is 2.80. The van der Waals surface area contributed by atoms with Crippen LogP contribution in [-0.2, 0) is 14.2 Å². The van der Waals surface area contributed by atoms with Gasteiger partial charge in [0.1, 0.15) is 18.5 Å². The van der Waals surface area contributed by atoms with Crippen LogP contribution in [0.15, 0.2) is 71.7 Å². The molecule has 1 fully saturated rings. The number of ether oxygens (including phenoxy) is 3. The summed E-state index contributed by atoms with van der Waals surface area (Å²) < 4.78 is 32.6. The van der Waals surface area contributed by atoms with Gasteiger partial charge in [0.25, 0.3) is 0 Å². The van der Waals surface area contributed by atoms with Crippen LogP contribution in [-0.4, -0.2) is 46.5 Å². The van der Waals surface area contributed by atoms with E-state index in [2.05, 4.69) is 4.98 Å².